The van der Waals surface area contributed by atoms with Gasteiger partial charge >= 0.3 is 0 Å². The lowest BCUT2D eigenvalue weighted by molar-refractivity contribution is 0.207. The molecule has 126 valence electrons. The number of piperidine rings is 1. The van der Waals surface area contributed by atoms with E-state index in [1.54, 1.807) is 7.11 Å². The van der Waals surface area contributed by atoms with Crippen molar-refractivity contribution in [2.24, 2.45) is 10.7 Å². The van der Waals surface area contributed by atoms with Crippen LogP contribution in [-0.4, -0.2) is 49.2 Å². The maximum Gasteiger partial charge on any atom is 0.191 e. The summed E-state index contributed by atoms with van der Waals surface area (Å²) in [5.74, 6) is 1.18. The highest BCUT2D eigenvalue weighted by molar-refractivity contribution is 8.93. The van der Waals surface area contributed by atoms with Crippen molar-refractivity contribution in [3.8, 4) is 0 Å². The van der Waals surface area contributed by atoms with E-state index in [2.05, 4.69) is 28.1 Å². The van der Waals surface area contributed by atoms with Crippen LogP contribution in [0.4, 0.5) is 0 Å². The number of ether oxygens (including phenoxy) is 1. The summed E-state index contributed by atoms with van der Waals surface area (Å²) < 4.78 is 6.27. The maximum absolute atomic E-state index is 6.04. The number of benzene rings is 1. The van der Waals surface area contributed by atoms with E-state index in [1.165, 1.54) is 9.71 Å². The van der Waals surface area contributed by atoms with Crippen molar-refractivity contribution in [3.63, 3.8) is 0 Å². The molecule has 0 saturated carbocycles. The first kappa shape index (κ1) is 18.2. The van der Waals surface area contributed by atoms with Gasteiger partial charge in [0.1, 0.15) is 0 Å². The molecular weight excluding hydrogens is 376 g/mol. The summed E-state index contributed by atoms with van der Waals surface area (Å²) in [4.78, 5) is 11.3. The molecule has 1 aromatic heterocycles. The fourth-order valence-electron chi connectivity index (χ4n) is 2.77. The summed E-state index contributed by atoms with van der Waals surface area (Å²) in [6.45, 7) is 3.13. The molecule has 0 spiro atoms. The molecule has 0 atom stereocenters. The van der Waals surface area contributed by atoms with Gasteiger partial charge in [0, 0.05) is 26.1 Å². The van der Waals surface area contributed by atoms with E-state index >= 15 is 0 Å². The number of methoxy groups -OCH3 is 1. The number of guanidine groups is 1. The number of rotatable bonds is 4. The number of aliphatic imine (C=N–C) groups is 1. The Morgan fingerprint density at radius 1 is 1.39 bits per heavy atom. The van der Waals surface area contributed by atoms with Crippen LogP contribution in [0.15, 0.2) is 29.3 Å². The van der Waals surface area contributed by atoms with Gasteiger partial charge in [-0.2, -0.15) is 0 Å². The third kappa shape index (κ3) is 4.43. The van der Waals surface area contributed by atoms with Crippen LogP contribution in [0.5, 0.6) is 0 Å². The highest BCUT2D eigenvalue weighted by Gasteiger charge is 2.24. The highest BCUT2D eigenvalue weighted by Crippen LogP contribution is 2.33. The largest absolute Gasteiger partial charge is 0.383 e. The zero-order valence-corrected chi connectivity index (χ0v) is 15.8. The van der Waals surface area contributed by atoms with Gasteiger partial charge in [-0.25, -0.2) is 4.98 Å². The third-order valence-electron chi connectivity index (χ3n) is 4.05. The van der Waals surface area contributed by atoms with Crippen LogP contribution in [0.1, 0.15) is 23.8 Å². The van der Waals surface area contributed by atoms with Crippen LogP contribution in [0.3, 0.4) is 0 Å². The maximum atomic E-state index is 6.04. The van der Waals surface area contributed by atoms with Crippen LogP contribution in [0.25, 0.3) is 10.2 Å². The summed E-state index contributed by atoms with van der Waals surface area (Å²) in [5.41, 5.74) is 7.16. The fraction of sp³-hybridized carbons (Fsp3) is 0.500. The van der Waals surface area contributed by atoms with Crippen molar-refractivity contribution in [2.75, 3.05) is 33.4 Å². The van der Waals surface area contributed by atoms with E-state index in [9.17, 15) is 0 Å². The molecule has 7 heteroatoms. The lowest BCUT2D eigenvalue weighted by Gasteiger charge is -2.31. The predicted molar refractivity (Wildman–Crippen MR) is 102 cm³/mol. The van der Waals surface area contributed by atoms with Crippen molar-refractivity contribution < 1.29 is 4.74 Å². The quantitative estimate of drug-likeness (QED) is 0.488. The number of nitrogens with two attached hydrogens (primary N) is 1. The van der Waals surface area contributed by atoms with Gasteiger partial charge in [-0.15, -0.1) is 28.3 Å². The van der Waals surface area contributed by atoms with Crippen molar-refractivity contribution in [1.82, 2.24) is 9.88 Å². The number of hydrogen-bond donors (Lipinski definition) is 1. The minimum atomic E-state index is 0. The number of fused-ring (bicyclic) bond motifs is 1. The van der Waals surface area contributed by atoms with Gasteiger partial charge < -0.3 is 15.4 Å². The molecule has 2 aromatic rings. The molecular formula is C16H23BrN4OS. The second kappa shape index (κ2) is 8.61. The van der Waals surface area contributed by atoms with Gasteiger partial charge in [0.2, 0.25) is 0 Å². The summed E-state index contributed by atoms with van der Waals surface area (Å²) in [6.07, 6.45) is 2.17. The lowest BCUT2D eigenvalue weighted by atomic mass is 9.98. The smallest absolute Gasteiger partial charge is 0.191 e. The van der Waals surface area contributed by atoms with Gasteiger partial charge in [0.15, 0.2) is 5.96 Å². The molecule has 0 aliphatic carbocycles. The van der Waals surface area contributed by atoms with Crippen LogP contribution in [0, 0.1) is 0 Å². The first-order valence-corrected chi connectivity index (χ1v) is 8.49. The zero-order valence-electron chi connectivity index (χ0n) is 13.3. The Balaban J connectivity index is 0.00000192. The minimum absolute atomic E-state index is 0. The lowest BCUT2D eigenvalue weighted by Crippen LogP contribution is -2.42. The van der Waals surface area contributed by atoms with Crippen molar-refractivity contribution >= 4 is 44.5 Å². The molecule has 0 amide bonds. The van der Waals surface area contributed by atoms with Crippen LogP contribution in [0.2, 0.25) is 0 Å². The van der Waals surface area contributed by atoms with E-state index in [0.717, 1.165) is 31.4 Å². The summed E-state index contributed by atoms with van der Waals surface area (Å²) in [7, 11) is 1.68. The Kier molecular flexibility index (Phi) is 6.80. The molecule has 3 rings (SSSR count). The topological polar surface area (TPSA) is 63.7 Å². The fourth-order valence-corrected chi connectivity index (χ4v) is 3.91. The third-order valence-corrected chi connectivity index (χ3v) is 5.25. The second-order valence-electron chi connectivity index (χ2n) is 5.51. The summed E-state index contributed by atoms with van der Waals surface area (Å²) >= 11 is 1.82. The molecule has 23 heavy (non-hydrogen) atoms. The molecule has 1 aromatic carbocycles. The van der Waals surface area contributed by atoms with Crippen LogP contribution in [-0.2, 0) is 4.74 Å². The van der Waals surface area contributed by atoms with Crippen molar-refractivity contribution in [3.05, 3.63) is 29.3 Å². The number of likely N-dealkylation sites (tertiary alicyclic amines) is 1. The normalized spacial score (nSPS) is 16.6. The Morgan fingerprint density at radius 3 is 2.83 bits per heavy atom. The van der Waals surface area contributed by atoms with E-state index in [4.69, 9.17) is 15.5 Å². The monoisotopic (exact) mass is 398 g/mol. The predicted octanol–water partition coefficient (Wildman–Crippen LogP) is 3.01. The molecule has 2 heterocycles. The molecule has 1 aliphatic heterocycles. The Labute approximate surface area is 151 Å². The molecule has 1 saturated heterocycles. The molecule has 5 nitrogen and oxygen atoms in total. The van der Waals surface area contributed by atoms with Gasteiger partial charge in [-0.1, -0.05) is 12.1 Å². The van der Waals surface area contributed by atoms with Crippen LogP contribution < -0.4 is 5.73 Å². The van der Waals surface area contributed by atoms with E-state index in [1.807, 2.05) is 17.4 Å². The van der Waals surface area contributed by atoms with E-state index in [-0.39, 0.29) is 17.0 Å². The standard InChI is InChI=1S/C16H22N4OS.BrH/c1-21-11-8-18-16(17)20-9-6-12(7-10-20)15-19-13-4-2-3-5-14(13)22-15;/h2-5,12H,6-11H2,1H3,(H2,17,18);1H. The van der Waals surface area contributed by atoms with Crippen LogP contribution >= 0.6 is 28.3 Å². The Bertz CT molecular complexity index is 619. The van der Waals surface area contributed by atoms with Gasteiger partial charge in [-0.3, -0.25) is 4.99 Å². The molecule has 1 fully saturated rings. The first-order valence-electron chi connectivity index (χ1n) is 7.67. The van der Waals surface area contributed by atoms with Gasteiger partial charge in [0.25, 0.3) is 0 Å². The zero-order chi connectivity index (χ0) is 15.4. The molecule has 0 bridgehead atoms. The molecule has 1 aliphatic rings. The average molecular weight is 399 g/mol. The second-order valence-corrected chi connectivity index (χ2v) is 6.58. The highest BCUT2D eigenvalue weighted by atomic mass is 79.9. The SMILES string of the molecule is Br.COCCN=C(N)N1CCC(c2nc3ccccc3s2)CC1. The Hall–Kier alpha value is -1.18. The van der Waals surface area contributed by atoms with Gasteiger partial charge in [-0.05, 0) is 25.0 Å². The number of para-hydroxylation sites is 1. The van der Waals surface area contributed by atoms with E-state index < -0.39 is 0 Å². The minimum Gasteiger partial charge on any atom is -0.383 e. The molecule has 0 radical (unpaired) electrons. The number of nitrogens with zero attached hydrogens (tertiary/aromatic N) is 3. The number of halogens is 1. The van der Waals surface area contributed by atoms with E-state index in [0.29, 0.717) is 25.0 Å². The first-order chi connectivity index (χ1) is 10.8. The molecule has 2 N–H and O–H groups in total. The number of thiazole rings is 1. The summed E-state index contributed by atoms with van der Waals surface area (Å²) in [6, 6.07) is 8.35. The van der Waals surface area contributed by atoms with Crippen molar-refractivity contribution in [2.45, 2.75) is 18.8 Å². The number of aromatic nitrogens is 1. The average Bonchev–Trinajstić information content (AvgIpc) is 2.99. The van der Waals surface area contributed by atoms with Crippen molar-refractivity contribution in [1.29, 1.82) is 0 Å². The van der Waals surface area contributed by atoms with Gasteiger partial charge in [0.05, 0.1) is 28.4 Å². The summed E-state index contributed by atoms with van der Waals surface area (Å²) in [5, 5.41) is 1.26. The Morgan fingerprint density at radius 2 is 2.13 bits per heavy atom. The number of hydrogen-bond acceptors (Lipinski definition) is 4. The molecule has 0 unspecified atom stereocenters.